The average Bonchev–Trinajstić information content (AvgIpc) is 2.94. The summed E-state index contributed by atoms with van der Waals surface area (Å²) in [6.45, 7) is 6.28. The first-order valence-corrected chi connectivity index (χ1v) is 8.15. The van der Waals surface area contributed by atoms with Crippen LogP contribution >= 0.6 is 11.3 Å². The smallest absolute Gasteiger partial charge is 0.0328 e. The van der Waals surface area contributed by atoms with Crippen molar-refractivity contribution in [3.8, 4) is 0 Å². The van der Waals surface area contributed by atoms with Crippen molar-refractivity contribution in [2.24, 2.45) is 0 Å². The topological polar surface area (TPSA) is 15.3 Å². The number of nitrogens with one attached hydrogen (secondary N) is 1. The molecule has 2 rings (SSSR count). The van der Waals surface area contributed by atoms with Gasteiger partial charge in [-0.25, -0.2) is 0 Å². The third kappa shape index (κ3) is 5.08. The molecule has 2 nitrogen and oxygen atoms in total. The molecule has 0 fully saturated rings. The zero-order valence-corrected chi connectivity index (χ0v) is 13.2. The van der Waals surface area contributed by atoms with Gasteiger partial charge in [0.2, 0.25) is 0 Å². The molecule has 0 radical (unpaired) electrons. The van der Waals surface area contributed by atoms with Crippen molar-refractivity contribution in [1.29, 1.82) is 0 Å². The second kappa shape index (κ2) is 8.20. The minimum Gasteiger partial charge on any atom is -0.313 e. The first kappa shape index (κ1) is 15.2. The van der Waals surface area contributed by atoms with Gasteiger partial charge in [-0.3, -0.25) is 4.90 Å². The lowest BCUT2D eigenvalue weighted by Crippen LogP contribution is -2.17. The van der Waals surface area contributed by atoms with Crippen molar-refractivity contribution in [3.05, 3.63) is 57.8 Å². The maximum absolute atomic E-state index is 3.43. The molecule has 0 saturated carbocycles. The van der Waals surface area contributed by atoms with Crippen LogP contribution in [0.1, 0.15) is 29.3 Å². The summed E-state index contributed by atoms with van der Waals surface area (Å²) in [7, 11) is 2.18. The Morgan fingerprint density at radius 2 is 1.80 bits per heavy atom. The van der Waals surface area contributed by atoms with E-state index in [1.54, 1.807) is 0 Å². The zero-order chi connectivity index (χ0) is 14.2. The maximum Gasteiger partial charge on any atom is 0.0328 e. The molecule has 0 saturated heterocycles. The fourth-order valence-electron chi connectivity index (χ4n) is 2.21. The van der Waals surface area contributed by atoms with E-state index in [0.29, 0.717) is 0 Å². The number of hydrogen-bond acceptors (Lipinski definition) is 3. The minimum absolute atomic E-state index is 0.971. The van der Waals surface area contributed by atoms with Crippen LogP contribution in [-0.4, -0.2) is 18.5 Å². The van der Waals surface area contributed by atoms with E-state index in [1.807, 2.05) is 11.3 Å². The fourth-order valence-corrected chi connectivity index (χ4v) is 2.99. The monoisotopic (exact) mass is 288 g/mol. The fraction of sp³-hybridized carbons (Fsp3) is 0.412. The first-order chi connectivity index (χ1) is 9.78. The van der Waals surface area contributed by atoms with Crippen LogP contribution in [0.4, 0.5) is 0 Å². The second-order valence-corrected chi connectivity index (χ2v) is 6.28. The van der Waals surface area contributed by atoms with Crippen LogP contribution < -0.4 is 5.32 Å². The van der Waals surface area contributed by atoms with Crippen LogP contribution in [0.3, 0.4) is 0 Å². The Labute approximate surface area is 126 Å². The molecule has 1 aromatic heterocycles. The molecular formula is C17H24N2S. The summed E-state index contributed by atoms with van der Waals surface area (Å²) in [5.74, 6) is 0. The summed E-state index contributed by atoms with van der Waals surface area (Å²) < 4.78 is 0. The van der Waals surface area contributed by atoms with Crippen molar-refractivity contribution in [2.45, 2.75) is 33.0 Å². The molecule has 0 atom stereocenters. The number of nitrogens with zero attached hydrogens (tertiary/aromatic N) is 1. The number of thiophene rings is 1. The molecule has 0 aliphatic heterocycles. The van der Waals surface area contributed by atoms with Gasteiger partial charge in [0.1, 0.15) is 0 Å². The Hall–Kier alpha value is -1.16. The Bertz CT molecular complexity index is 476. The highest BCUT2D eigenvalue weighted by Gasteiger charge is 2.02. The Kier molecular flexibility index (Phi) is 6.25. The van der Waals surface area contributed by atoms with Gasteiger partial charge in [0.05, 0.1) is 0 Å². The van der Waals surface area contributed by atoms with Gasteiger partial charge in [-0.2, -0.15) is 0 Å². The molecular weight excluding hydrogens is 264 g/mol. The van der Waals surface area contributed by atoms with Crippen LogP contribution in [0.25, 0.3) is 0 Å². The third-order valence-corrected chi connectivity index (χ3v) is 4.10. The van der Waals surface area contributed by atoms with Crippen molar-refractivity contribution in [3.63, 3.8) is 0 Å². The van der Waals surface area contributed by atoms with E-state index < -0.39 is 0 Å². The Morgan fingerprint density at radius 3 is 2.45 bits per heavy atom. The molecule has 0 aliphatic rings. The molecule has 1 aromatic carbocycles. The zero-order valence-electron chi connectivity index (χ0n) is 12.4. The molecule has 108 valence electrons. The van der Waals surface area contributed by atoms with Crippen LogP contribution in [0.2, 0.25) is 0 Å². The van der Waals surface area contributed by atoms with Crippen LogP contribution in [0, 0.1) is 0 Å². The van der Waals surface area contributed by atoms with E-state index in [0.717, 1.165) is 26.2 Å². The summed E-state index contributed by atoms with van der Waals surface area (Å²) in [6, 6.07) is 13.3. The minimum atomic E-state index is 0.971. The van der Waals surface area contributed by atoms with Gasteiger partial charge in [-0.05, 0) is 42.6 Å². The Balaban J connectivity index is 1.80. The molecule has 3 heteroatoms. The normalized spacial score (nSPS) is 11.2. The molecule has 1 N–H and O–H groups in total. The standard InChI is InChI=1S/C17H24N2S/c1-3-10-18-12-15-6-8-16(9-7-15)13-19(2)14-17-5-4-11-20-17/h4-9,11,18H,3,10,12-14H2,1-2H3. The van der Waals surface area contributed by atoms with E-state index in [4.69, 9.17) is 0 Å². The van der Waals surface area contributed by atoms with Crippen LogP contribution in [0.5, 0.6) is 0 Å². The predicted molar refractivity (Wildman–Crippen MR) is 87.9 cm³/mol. The molecule has 0 aliphatic carbocycles. The van der Waals surface area contributed by atoms with Gasteiger partial charge in [0.15, 0.2) is 0 Å². The lowest BCUT2D eigenvalue weighted by Gasteiger charge is -2.16. The number of benzene rings is 1. The van der Waals surface area contributed by atoms with Gasteiger partial charge in [0, 0.05) is 24.5 Å². The largest absolute Gasteiger partial charge is 0.313 e. The summed E-state index contributed by atoms with van der Waals surface area (Å²) in [5.41, 5.74) is 2.74. The van der Waals surface area contributed by atoms with E-state index in [1.165, 1.54) is 22.4 Å². The van der Waals surface area contributed by atoms with E-state index in [2.05, 4.69) is 66.0 Å². The first-order valence-electron chi connectivity index (χ1n) is 7.27. The summed E-state index contributed by atoms with van der Waals surface area (Å²) in [6.07, 6.45) is 1.19. The van der Waals surface area contributed by atoms with E-state index >= 15 is 0 Å². The average molecular weight is 288 g/mol. The van der Waals surface area contributed by atoms with Crippen molar-refractivity contribution in [2.75, 3.05) is 13.6 Å². The van der Waals surface area contributed by atoms with E-state index in [-0.39, 0.29) is 0 Å². The molecule has 0 spiro atoms. The molecule has 1 heterocycles. The highest BCUT2D eigenvalue weighted by molar-refractivity contribution is 7.09. The van der Waals surface area contributed by atoms with Gasteiger partial charge in [-0.1, -0.05) is 37.3 Å². The van der Waals surface area contributed by atoms with Gasteiger partial charge in [-0.15, -0.1) is 11.3 Å². The summed E-state index contributed by atoms with van der Waals surface area (Å²) >= 11 is 1.83. The highest BCUT2D eigenvalue weighted by Crippen LogP contribution is 2.13. The van der Waals surface area contributed by atoms with Gasteiger partial charge < -0.3 is 5.32 Å². The lowest BCUT2D eigenvalue weighted by molar-refractivity contribution is 0.322. The molecule has 0 amide bonds. The summed E-state index contributed by atoms with van der Waals surface area (Å²) in [5, 5.41) is 5.57. The van der Waals surface area contributed by atoms with Crippen molar-refractivity contribution < 1.29 is 0 Å². The van der Waals surface area contributed by atoms with Crippen LogP contribution in [0.15, 0.2) is 41.8 Å². The SMILES string of the molecule is CCCNCc1ccc(CN(C)Cc2cccs2)cc1. The lowest BCUT2D eigenvalue weighted by atomic mass is 10.1. The van der Waals surface area contributed by atoms with Crippen molar-refractivity contribution in [1.82, 2.24) is 10.2 Å². The molecule has 0 bridgehead atoms. The number of hydrogen-bond donors (Lipinski definition) is 1. The van der Waals surface area contributed by atoms with Gasteiger partial charge in [0.25, 0.3) is 0 Å². The summed E-state index contributed by atoms with van der Waals surface area (Å²) in [4.78, 5) is 3.78. The van der Waals surface area contributed by atoms with Crippen molar-refractivity contribution >= 4 is 11.3 Å². The Morgan fingerprint density at radius 1 is 1.05 bits per heavy atom. The van der Waals surface area contributed by atoms with Crippen LogP contribution in [-0.2, 0) is 19.6 Å². The quantitative estimate of drug-likeness (QED) is 0.742. The molecule has 0 unspecified atom stereocenters. The highest BCUT2D eigenvalue weighted by atomic mass is 32.1. The van der Waals surface area contributed by atoms with Gasteiger partial charge >= 0.3 is 0 Å². The molecule has 2 aromatic rings. The third-order valence-electron chi connectivity index (χ3n) is 3.24. The second-order valence-electron chi connectivity index (χ2n) is 5.24. The molecule has 20 heavy (non-hydrogen) atoms. The number of rotatable bonds is 8. The van der Waals surface area contributed by atoms with E-state index in [9.17, 15) is 0 Å². The predicted octanol–water partition coefficient (Wildman–Crippen LogP) is 3.88. The maximum atomic E-state index is 3.43.